The van der Waals surface area contributed by atoms with Crippen LogP contribution in [0.25, 0.3) is 0 Å². The van der Waals surface area contributed by atoms with Crippen LogP contribution >= 0.6 is 0 Å². The van der Waals surface area contributed by atoms with Crippen molar-refractivity contribution in [2.75, 3.05) is 32.8 Å². The van der Waals surface area contributed by atoms with E-state index in [1.165, 1.54) is 45.3 Å². The molecule has 100 valence electrons. The smallest absolute Gasteiger partial charge is 0.0674 e. The fraction of sp³-hybridized carbons (Fsp3) is 1.00. The molecule has 1 aliphatic heterocycles. The molecule has 0 aromatic heterocycles. The van der Waals surface area contributed by atoms with E-state index >= 15 is 0 Å². The molecule has 1 heterocycles. The van der Waals surface area contributed by atoms with Crippen molar-refractivity contribution in [1.82, 2.24) is 10.2 Å². The first-order chi connectivity index (χ1) is 8.31. The van der Waals surface area contributed by atoms with Gasteiger partial charge in [0, 0.05) is 25.7 Å². The molecular weight excluding hydrogens is 212 g/mol. The summed E-state index contributed by atoms with van der Waals surface area (Å²) in [7, 11) is 0. The topological polar surface area (TPSA) is 24.5 Å². The quantitative estimate of drug-likeness (QED) is 0.743. The van der Waals surface area contributed by atoms with E-state index in [2.05, 4.69) is 24.1 Å². The lowest BCUT2D eigenvalue weighted by Crippen LogP contribution is -2.52. The van der Waals surface area contributed by atoms with Crippen LogP contribution in [0.5, 0.6) is 0 Å². The summed E-state index contributed by atoms with van der Waals surface area (Å²) in [4.78, 5) is 2.68. The Hall–Kier alpha value is -0.120. The molecule has 1 N–H and O–H groups in total. The third-order valence-electron chi connectivity index (χ3n) is 4.16. The molecule has 17 heavy (non-hydrogen) atoms. The standard InChI is InChI=1S/C14H28N2O/c1-3-7-15-10-13-5-6-14(13)16-8-4-9-17-12(2)11-16/h12-15H,3-11H2,1-2H3. The van der Waals surface area contributed by atoms with Crippen molar-refractivity contribution in [2.24, 2.45) is 5.92 Å². The molecule has 3 heteroatoms. The Kier molecular flexibility index (Phi) is 5.26. The van der Waals surface area contributed by atoms with Crippen LogP contribution in [0, 0.1) is 5.92 Å². The van der Waals surface area contributed by atoms with Crippen LogP contribution in [0.4, 0.5) is 0 Å². The Morgan fingerprint density at radius 2 is 2.24 bits per heavy atom. The van der Waals surface area contributed by atoms with Gasteiger partial charge in [-0.15, -0.1) is 0 Å². The number of nitrogens with one attached hydrogen (secondary N) is 1. The number of ether oxygens (including phenoxy) is 1. The average molecular weight is 240 g/mol. The predicted molar refractivity (Wildman–Crippen MR) is 71.3 cm³/mol. The van der Waals surface area contributed by atoms with Crippen molar-refractivity contribution in [2.45, 2.75) is 51.7 Å². The van der Waals surface area contributed by atoms with Crippen LogP contribution < -0.4 is 5.32 Å². The Morgan fingerprint density at radius 3 is 2.94 bits per heavy atom. The van der Waals surface area contributed by atoms with Gasteiger partial charge in [-0.1, -0.05) is 6.92 Å². The van der Waals surface area contributed by atoms with E-state index < -0.39 is 0 Å². The molecule has 3 unspecified atom stereocenters. The van der Waals surface area contributed by atoms with Gasteiger partial charge in [0.2, 0.25) is 0 Å². The highest BCUT2D eigenvalue weighted by atomic mass is 16.5. The van der Waals surface area contributed by atoms with Gasteiger partial charge in [0.25, 0.3) is 0 Å². The zero-order valence-corrected chi connectivity index (χ0v) is 11.5. The normalized spacial score (nSPS) is 35.3. The molecular formula is C14H28N2O. The number of nitrogens with zero attached hydrogens (tertiary/aromatic N) is 1. The van der Waals surface area contributed by atoms with E-state index in [0.717, 1.165) is 25.1 Å². The van der Waals surface area contributed by atoms with Crippen LogP contribution in [0.2, 0.25) is 0 Å². The minimum atomic E-state index is 0.419. The zero-order valence-electron chi connectivity index (χ0n) is 11.5. The summed E-state index contributed by atoms with van der Waals surface area (Å²) in [6.07, 6.45) is 5.67. The van der Waals surface area contributed by atoms with Crippen LogP contribution in [0.15, 0.2) is 0 Å². The summed E-state index contributed by atoms with van der Waals surface area (Å²) in [6, 6.07) is 0.823. The summed E-state index contributed by atoms with van der Waals surface area (Å²) < 4.78 is 5.73. The van der Waals surface area contributed by atoms with E-state index in [1.54, 1.807) is 0 Å². The van der Waals surface area contributed by atoms with Crippen LogP contribution in [0.3, 0.4) is 0 Å². The lowest BCUT2D eigenvalue weighted by molar-refractivity contribution is 0.0271. The summed E-state index contributed by atoms with van der Waals surface area (Å²) in [5.41, 5.74) is 0. The second-order valence-electron chi connectivity index (χ2n) is 5.64. The molecule has 0 aromatic carbocycles. The largest absolute Gasteiger partial charge is 0.377 e. The summed E-state index contributed by atoms with van der Waals surface area (Å²) >= 11 is 0. The maximum atomic E-state index is 5.73. The predicted octanol–water partition coefficient (Wildman–Crippen LogP) is 1.88. The highest BCUT2D eigenvalue weighted by molar-refractivity contribution is 4.91. The third-order valence-corrected chi connectivity index (χ3v) is 4.16. The zero-order chi connectivity index (χ0) is 12.1. The molecule has 1 saturated heterocycles. The van der Waals surface area contributed by atoms with Crippen LogP contribution in [0.1, 0.15) is 39.5 Å². The van der Waals surface area contributed by atoms with Gasteiger partial charge in [0.15, 0.2) is 0 Å². The van der Waals surface area contributed by atoms with E-state index in [9.17, 15) is 0 Å². The van der Waals surface area contributed by atoms with Gasteiger partial charge in [-0.05, 0) is 51.6 Å². The highest BCUT2D eigenvalue weighted by Gasteiger charge is 2.35. The van der Waals surface area contributed by atoms with E-state index in [4.69, 9.17) is 4.74 Å². The van der Waals surface area contributed by atoms with Crippen molar-refractivity contribution in [3.05, 3.63) is 0 Å². The Morgan fingerprint density at radius 1 is 1.35 bits per heavy atom. The molecule has 3 nitrogen and oxygen atoms in total. The average Bonchev–Trinajstić information content (AvgIpc) is 2.48. The van der Waals surface area contributed by atoms with E-state index in [1.807, 2.05) is 0 Å². The molecule has 0 radical (unpaired) electrons. The molecule has 2 fully saturated rings. The van der Waals surface area contributed by atoms with Crippen molar-refractivity contribution >= 4 is 0 Å². The fourth-order valence-electron chi connectivity index (χ4n) is 3.06. The SMILES string of the molecule is CCCNCC1CCC1N1CCCOC(C)C1. The van der Waals surface area contributed by atoms with Gasteiger partial charge >= 0.3 is 0 Å². The van der Waals surface area contributed by atoms with E-state index in [0.29, 0.717) is 6.10 Å². The summed E-state index contributed by atoms with van der Waals surface area (Å²) in [6.45, 7) is 10.1. The second kappa shape index (κ2) is 6.72. The molecule has 1 saturated carbocycles. The summed E-state index contributed by atoms with van der Waals surface area (Å²) in [5, 5.41) is 3.57. The molecule has 1 aliphatic carbocycles. The van der Waals surface area contributed by atoms with Crippen LogP contribution in [-0.4, -0.2) is 49.8 Å². The number of rotatable bonds is 5. The van der Waals surface area contributed by atoms with Gasteiger partial charge in [-0.2, -0.15) is 0 Å². The first kappa shape index (κ1) is 13.3. The number of hydrogen-bond acceptors (Lipinski definition) is 3. The maximum absolute atomic E-state index is 5.73. The van der Waals surface area contributed by atoms with E-state index in [-0.39, 0.29) is 0 Å². The second-order valence-corrected chi connectivity index (χ2v) is 5.64. The van der Waals surface area contributed by atoms with Gasteiger partial charge in [0.1, 0.15) is 0 Å². The highest BCUT2D eigenvalue weighted by Crippen LogP contribution is 2.32. The van der Waals surface area contributed by atoms with Crippen molar-refractivity contribution in [3.63, 3.8) is 0 Å². The third kappa shape index (κ3) is 3.67. The first-order valence-corrected chi connectivity index (χ1v) is 7.37. The monoisotopic (exact) mass is 240 g/mol. The van der Waals surface area contributed by atoms with Crippen molar-refractivity contribution in [3.8, 4) is 0 Å². The van der Waals surface area contributed by atoms with Gasteiger partial charge in [-0.25, -0.2) is 0 Å². The van der Waals surface area contributed by atoms with Gasteiger partial charge < -0.3 is 10.1 Å². The molecule has 2 aliphatic rings. The lowest BCUT2D eigenvalue weighted by Gasteiger charge is -2.44. The van der Waals surface area contributed by atoms with Gasteiger partial charge in [0.05, 0.1) is 6.10 Å². The minimum Gasteiger partial charge on any atom is -0.377 e. The molecule has 2 rings (SSSR count). The van der Waals surface area contributed by atoms with Crippen molar-refractivity contribution < 1.29 is 4.74 Å². The lowest BCUT2D eigenvalue weighted by atomic mass is 9.78. The number of hydrogen-bond donors (Lipinski definition) is 1. The molecule has 0 bridgehead atoms. The Bertz CT molecular complexity index is 222. The van der Waals surface area contributed by atoms with Gasteiger partial charge in [-0.3, -0.25) is 4.90 Å². The molecule has 3 atom stereocenters. The van der Waals surface area contributed by atoms with Crippen molar-refractivity contribution in [1.29, 1.82) is 0 Å². The molecule has 0 amide bonds. The fourth-order valence-corrected chi connectivity index (χ4v) is 3.06. The first-order valence-electron chi connectivity index (χ1n) is 7.37. The molecule has 0 spiro atoms. The minimum absolute atomic E-state index is 0.419. The Balaban J connectivity index is 1.76. The summed E-state index contributed by atoms with van der Waals surface area (Å²) in [5.74, 6) is 0.881. The molecule has 0 aromatic rings. The maximum Gasteiger partial charge on any atom is 0.0674 e. The Labute approximate surface area is 106 Å². The van der Waals surface area contributed by atoms with Crippen LogP contribution in [-0.2, 0) is 4.74 Å².